The molecule has 2 N–H and O–H groups in total. The van der Waals surface area contributed by atoms with Crippen molar-refractivity contribution in [1.29, 1.82) is 0 Å². The van der Waals surface area contributed by atoms with Crippen LogP contribution in [-0.2, 0) is 25.4 Å². The van der Waals surface area contributed by atoms with Gasteiger partial charge in [0.2, 0.25) is 5.96 Å². The Morgan fingerprint density at radius 1 is 1.05 bits per heavy atom. The van der Waals surface area contributed by atoms with E-state index in [-0.39, 0.29) is 35.4 Å². The van der Waals surface area contributed by atoms with E-state index < -0.39 is 34.9 Å². The van der Waals surface area contributed by atoms with Crippen molar-refractivity contribution in [3.05, 3.63) is 62.8 Å². The van der Waals surface area contributed by atoms with E-state index in [0.717, 1.165) is 30.4 Å². The van der Waals surface area contributed by atoms with Crippen LogP contribution in [0.25, 0.3) is 0 Å². The fraction of sp³-hybridized carbons (Fsp3) is 0.538. The molecule has 1 atom stereocenters. The molecule has 0 saturated carbocycles. The van der Waals surface area contributed by atoms with Crippen molar-refractivity contribution >= 4 is 17.5 Å². The maximum atomic E-state index is 13.5. The Hall–Kier alpha value is -3.98. The Bertz CT molecular complexity index is 1230. The van der Waals surface area contributed by atoms with Crippen LogP contribution in [0.4, 0.5) is 37.8 Å². The molecule has 0 aliphatic heterocycles. The normalized spacial score (nSPS) is 13.4. The summed E-state index contributed by atoms with van der Waals surface area (Å²) < 4.78 is 81.0. The second-order valence-electron chi connectivity index (χ2n) is 9.55. The minimum absolute atomic E-state index is 0.0265. The van der Waals surface area contributed by atoms with Gasteiger partial charge in [0, 0.05) is 31.3 Å². The molecule has 0 bridgehead atoms. The van der Waals surface area contributed by atoms with Gasteiger partial charge in [0.25, 0.3) is 5.69 Å². The summed E-state index contributed by atoms with van der Waals surface area (Å²) in [5.74, 6) is 0.274. The van der Waals surface area contributed by atoms with E-state index in [1.165, 1.54) is 13.1 Å². The SMILES string of the molecule is CCCC(CC)CN(CC)c1ncc([N+](=O)[O-])cc1CN(Cc1cc(C(F)(F)F)cc(C(F)(F)F)c1)/C(N)=N/N=NC. The van der Waals surface area contributed by atoms with Gasteiger partial charge in [0.05, 0.1) is 29.6 Å². The number of guanidine groups is 1. The third kappa shape index (κ3) is 9.55. The van der Waals surface area contributed by atoms with Crippen molar-refractivity contribution in [3.8, 4) is 0 Å². The highest BCUT2D eigenvalue weighted by Gasteiger charge is 2.37. The van der Waals surface area contributed by atoms with Gasteiger partial charge in [-0.1, -0.05) is 31.8 Å². The molecule has 1 unspecified atom stereocenters. The predicted octanol–water partition coefficient (Wildman–Crippen LogP) is 6.99. The first kappa shape index (κ1) is 34.2. The summed E-state index contributed by atoms with van der Waals surface area (Å²) in [6, 6.07) is 2.44. The molecule has 2 rings (SSSR count). The minimum atomic E-state index is -5.05. The molecule has 42 heavy (non-hydrogen) atoms. The summed E-state index contributed by atoms with van der Waals surface area (Å²) in [4.78, 5) is 18.3. The molecule has 2 aromatic rings. The van der Waals surface area contributed by atoms with E-state index in [1.54, 1.807) is 0 Å². The zero-order valence-electron chi connectivity index (χ0n) is 23.7. The monoisotopic (exact) mass is 604 g/mol. The summed E-state index contributed by atoms with van der Waals surface area (Å²) in [6.07, 6.45) is -6.26. The molecule has 0 saturated heterocycles. The summed E-state index contributed by atoms with van der Waals surface area (Å²) in [6.45, 7) is 6.18. The molecule has 1 aromatic heterocycles. The highest BCUT2D eigenvalue weighted by atomic mass is 19.4. The maximum absolute atomic E-state index is 13.5. The molecular formula is C26H34F6N8O2. The first-order valence-corrected chi connectivity index (χ1v) is 13.2. The fourth-order valence-electron chi connectivity index (χ4n) is 4.41. The molecule has 10 nitrogen and oxygen atoms in total. The summed E-state index contributed by atoms with van der Waals surface area (Å²) in [5, 5.41) is 22.1. The molecule has 1 aromatic carbocycles. The predicted molar refractivity (Wildman–Crippen MR) is 146 cm³/mol. The number of anilines is 1. The highest BCUT2D eigenvalue weighted by molar-refractivity contribution is 5.78. The number of nitrogens with zero attached hydrogens (tertiary/aromatic N) is 7. The smallest absolute Gasteiger partial charge is 0.368 e. The lowest BCUT2D eigenvalue weighted by Crippen LogP contribution is -2.37. The van der Waals surface area contributed by atoms with E-state index in [0.29, 0.717) is 37.0 Å². The number of pyridine rings is 1. The lowest BCUT2D eigenvalue weighted by atomic mass is 10.00. The Morgan fingerprint density at radius 3 is 2.14 bits per heavy atom. The zero-order chi connectivity index (χ0) is 31.7. The molecule has 0 fully saturated rings. The third-order valence-electron chi connectivity index (χ3n) is 6.52. The van der Waals surface area contributed by atoms with E-state index in [1.807, 2.05) is 18.7 Å². The van der Waals surface area contributed by atoms with Crippen molar-refractivity contribution in [1.82, 2.24) is 9.88 Å². The molecule has 0 amide bonds. The lowest BCUT2D eigenvalue weighted by Gasteiger charge is -2.30. The van der Waals surface area contributed by atoms with Crippen LogP contribution in [0, 0.1) is 16.0 Å². The van der Waals surface area contributed by atoms with E-state index in [9.17, 15) is 36.5 Å². The average molecular weight is 605 g/mol. The first-order valence-electron chi connectivity index (χ1n) is 13.2. The van der Waals surface area contributed by atoms with Crippen LogP contribution in [0.2, 0.25) is 0 Å². The van der Waals surface area contributed by atoms with Gasteiger partial charge in [0.1, 0.15) is 12.0 Å². The Kier molecular flexibility index (Phi) is 12.0. The summed E-state index contributed by atoms with van der Waals surface area (Å²) in [7, 11) is 1.28. The van der Waals surface area contributed by atoms with Crippen LogP contribution in [-0.4, -0.2) is 40.9 Å². The minimum Gasteiger partial charge on any atom is -0.368 e. The van der Waals surface area contributed by atoms with Gasteiger partial charge in [-0.15, -0.1) is 0 Å². The standard InChI is InChI=1S/C26H34F6N8O2/c1-5-8-17(6-2)14-38(7-3)23-19(11-22(13-35-23)40(41)42)16-39(24(33)36-37-34-4)15-18-9-20(25(27,28)29)12-21(10-18)26(30,31)32/h9-13,17H,5-8,14-16H2,1-4H3,(H2,33,34,36). The lowest BCUT2D eigenvalue weighted by molar-refractivity contribution is -0.385. The van der Waals surface area contributed by atoms with Crippen LogP contribution < -0.4 is 10.6 Å². The van der Waals surface area contributed by atoms with Crippen LogP contribution in [0.15, 0.2) is 45.9 Å². The molecule has 232 valence electrons. The highest BCUT2D eigenvalue weighted by Crippen LogP contribution is 2.37. The average Bonchev–Trinajstić information content (AvgIpc) is 2.92. The van der Waals surface area contributed by atoms with Crippen molar-refractivity contribution in [3.63, 3.8) is 0 Å². The third-order valence-corrected chi connectivity index (χ3v) is 6.52. The van der Waals surface area contributed by atoms with Gasteiger partial charge in [-0.25, -0.2) is 4.98 Å². The Morgan fingerprint density at radius 2 is 1.67 bits per heavy atom. The van der Waals surface area contributed by atoms with E-state index >= 15 is 0 Å². The number of aromatic nitrogens is 1. The number of benzene rings is 1. The molecule has 16 heteroatoms. The van der Waals surface area contributed by atoms with Crippen molar-refractivity contribution in [2.24, 2.45) is 27.1 Å². The topological polar surface area (TPSA) is 126 Å². The Labute approximate surface area is 239 Å². The van der Waals surface area contributed by atoms with Crippen molar-refractivity contribution in [2.75, 3.05) is 25.0 Å². The van der Waals surface area contributed by atoms with Crippen LogP contribution in [0.5, 0.6) is 0 Å². The molecule has 0 aliphatic carbocycles. The van der Waals surface area contributed by atoms with Crippen LogP contribution in [0.3, 0.4) is 0 Å². The van der Waals surface area contributed by atoms with Gasteiger partial charge in [-0.3, -0.25) is 10.1 Å². The Balaban J connectivity index is 2.67. The second-order valence-corrected chi connectivity index (χ2v) is 9.55. The molecular weight excluding hydrogens is 570 g/mol. The van der Waals surface area contributed by atoms with Gasteiger partial charge < -0.3 is 15.5 Å². The number of hydrogen-bond acceptors (Lipinski definition) is 6. The van der Waals surface area contributed by atoms with Gasteiger partial charge in [0.15, 0.2) is 0 Å². The van der Waals surface area contributed by atoms with Crippen molar-refractivity contribution in [2.45, 2.75) is 65.5 Å². The number of alkyl halides is 6. The number of hydrogen-bond donors (Lipinski definition) is 1. The molecule has 0 aliphatic rings. The molecule has 1 heterocycles. The summed E-state index contributed by atoms with van der Waals surface area (Å²) in [5.41, 5.74) is 2.62. The van der Waals surface area contributed by atoms with Crippen molar-refractivity contribution < 1.29 is 31.3 Å². The number of halogens is 6. The van der Waals surface area contributed by atoms with Gasteiger partial charge >= 0.3 is 12.4 Å². The number of nitro groups is 1. The quantitative estimate of drug-likeness (QED) is 0.0656. The number of rotatable bonds is 13. The fourth-order valence-corrected chi connectivity index (χ4v) is 4.41. The van der Waals surface area contributed by atoms with Crippen LogP contribution >= 0.6 is 0 Å². The summed E-state index contributed by atoms with van der Waals surface area (Å²) >= 11 is 0. The van der Waals surface area contributed by atoms with E-state index in [4.69, 9.17) is 5.73 Å². The van der Waals surface area contributed by atoms with Gasteiger partial charge in [-0.05, 0) is 48.2 Å². The van der Waals surface area contributed by atoms with E-state index in [2.05, 4.69) is 27.3 Å². The molecule has 0 radical (unpaired) electrons. The van der Waals surface area contributed by atoms with Crippen LogP contribution in [0.1, 0.15) is 62.3 Å². The first-order chi connectivity index (χ1) is 19.6. The van der Waals surface area contributed by atoms with Gasteiger partial charge in [-0.2, -0.15) is 31.5 Å². The molecule has 0 spiro atoms. The zero-order valence-corrected chi connectivity index (χ0v) is 23.7. The second kappa shape index (κ2) is 14.8. The largest absolute Gasteiger partial charge is 0.416 e. The maximum Gasteiger partial charge on any atom is 0.416 e. The number of nitrogens with two attached hydrogens (primary N) is 1.